The second-order valence-electron chi connectivity index (χ2n) is 1.44. The summed E-state index contributed by atoms with van der Waals surface area (Å²) in [5.74, 6) is 0.0723. The molecule has 0 aliphatic carbocycles. The summed E-state index contributed by atoms with van der Waals surface area (Å²) in [7, 11) is 0. The minimum absolute atomic E-state index is 0.0723. The van der Waals surface area contributed by atoms with Crippen molar-refractivity contribution in [2.75, 3.05) is 0 Å². The van der Waals surface area contributed by atoms with Gasteiger partial charge in [-0.05, 0) is 13.0 Å². The third-order valence-electron chi connectivity index (χ3n) is 0.782. The highest BCUT2D eigenvalue weighted by Gasteiger charge is 1.85. The van der Waals surface area contributed by atoms with E-state index in [1.807, 2.05) is 19.1 Å². The standard InChI is InChI=1S/C7H10O/c1-3-5-6-7(8)4-2/h3-5H,2,6H2,1H3. The van der Waals surface area contributed by atoms with E-state index in [2.05, 4.69) is 6.58 Å². The lowest BCUT2D eigenvalue weighted by atomic mass is 10.3. The van der Waals surface area contributed by atoms with E-state index in [9.17, 15) is 4.79 Å². The van der Waals surface area contributed by atoms with Gasteiger partial charge >= 0.3 is 0 Å². The van der Waals surface area contributed by atoms with Crippen molar-refractivity contribution < 1.29 is 4.79 Å². The van der Waals surface area contributed by atoms with Gasteiger partial charge in [0.15, 0.2) is 5.78 Å². The van der Waals surface area contributed by atoms with Crippen LogP contribution in [0.1, 0.15) is 13.3 Å². The Hall–Kier alpha value is -0.850. The Kier molecular flexibility index (Phi) is 3.85. The van der Waals surface area contributed by atoms with Gasteiger partial charge in [0.2, 0.25) is 0 Å². The minimum Gasteiger partial charge on any atom is -0.295 e. The van der Waals surface area contributed by atoms with Crippen LogP contribution in [0.2, 0.25) is 0 Å². The van der Waals surface area contributed by atoms with E-state index in [-0.39, 0.29) is 5.78 Å². The van der Waals surface area contributed by atoms with Crippen molar-refractivity contribution in [2.24, 2.45) is 0 Å². The summed E-state index contributed by atoms with van der Waals surface area (Å²) in [6.07, 6.45) is 5.48. The molecule has 0 amide bonds. The molecule has 0 spiro atoms. The van der Waals surface area contributed by atoms with E-state index in [1.165, 1.54) is 6.08 Å². The van der Waals surface area contributed by atoms with Crippen molar-refractivity contribution in [1.29, 1.82) is 0 Å². The molecule has 1 nitrogen and oxygen atoms in total. The molecular weight excluding hydrogens is 100 g/mol. The fraction of sp³-hybridized carbons (Fsp3) is 0.286. The van der Waals surface area contributed by atoms with Gasteiger partial charge in [-0.1, -0.05) is 18.7 Å². The van der Waals surface area contributed by atoms with Gasteiger partial charge in [-0.2, -0.15) is 0 Å². The van der Waals surface area contributed by atoms with Gasteiger partial charge < -0.3 is 0 Å². The van der Waals surface area contributed by atoms with Crippen molar-refractivity contribution >= 4 is 5.78 Å². The van der Waals surface area contributed by atoms with Crippen molar-refractivity contribution in [3.8, 4) is 0 Å². The van der Waals surface area contributed by atoms with Crippen LogP contribution in [0.3, 0.4) is 0 Å². The maximum absolute atomic E-state index is 10.4. The smallest absolute Gasteiger partial charge is 0.158 e. The Morgan fingerprint density at radius 3 is 2.75 bits per heavy atom. The molecule has 0 aliphatic rings. The minimum atomic E-state index is 0.0723. The number of carbonyl (C=O) groups is 1. The third-order valence-corrected chi connectivity index (χ3v) is 0.782. The molecule has 0 saturated heterocycles. The zero-order valence-corrected chi connectivity index (χ0v) is 5.05. The number of rotatable bonds is 3. The van der Waals surface area contributed by atoms with Crippen LogP contribution < -0.4 is 0 Å². The Morgan fingerprint density at radius 2 is 2.38 bits per heavy atom. The molecule has 0 heterocycles. The second kappa shape index (κ2) is 4.31. The fourth-order valence-corrected chi connectivity index (χ4v) is 0.317. The van der Waals surface area contributed by atoms with Crippen molar-refractivity contribution in [1.82, 2.24) is 0 Å². The molecule has 0 saturated carbocycles. The molecule has 0 fully saturated rings. The zero-order valence-electron chi connectivity index (χ0n) is 5.05. The average Bonchev–Trinajstić information content (AvgIpc) is 1.83. The van der Waals surface area contributed by atoms with Gasteiger partial charge in [0.05, 0.1) is 0 Å². The maximum atomic E-state index is 10.4. The van der Waals surface area contributed by atoms with E-state index >= 15 is 0 Å². The van der Waals surface area contributed by atoms with E-state index in [1.54, 1.807) is 0 Å². The van der Waals surface area contributed by atoms with Crippen LogP contribution in [-0.4, -0.2) is 5.78 Å². The second-order valence-corrected chi connectivity index (χ2v) is 1.44. The molecule has 1 heteroatoms. The van der Waals surface area contributed by atoms with Crippen LogP contribution in [0.15, 0.2) is 24.8 Å². The Balaban J connectivity index is 3.39. The molecule has 0 radical (unpaired) electrons. The number of ketones is 1. The molecule has 0 atom stereocenters. The number of hydrogen-bond donors (Lipinski definition) is 0. The molecule has 0 unspecified atom stereocenters. The molecule has 8 heavy (non-hydrogen) atoms. The molecule has 0 rings (SSSR count). The summed E-state index contributed by atoms with van der Waals surface area (Å²) in [6, 6.07) is 0. The van der Waals surface area contributed by atoms with Crippen molar-refractivity contribution in [2.45, 2.75) is 13.3 Å². The van der Waals surface area contributed by atoms with Crippen molar-refractivity contribution in [3.05, 3.63) is 24.8 Å². The lowest BCUT2D eigenvalue weighted by Crippen LogP contribution is -1.85. The van der Waals surface area contributed by atoms with E-state index in [0.717, 1.165) is 0 Å². The molecule has 0 aromatic heterocycles. The Morgan fingerprint density at radius 1 is 1.75 bits per heavy atom. The molecule has 0 aromatic carbocycles. The van der Waals surface area contributed by atoms with Gasteiger partial charge in [0.25, 0.3) is 0 Å². The normalized spacial score (nSPS) is 9.62. The first-order chi connectivity index (χ1) is 3.81. The first kappa shape index (κ1) is 7.15. The van der Waals surface area contributed by atoms with Gasteiger partial charge in [-0.3, -0.25) is 4.79 Å². The predicted octanol–water partition coefficient (Wildman–Crippen LogP) is 1.71. The highest BCUT2D eigenvalue weighted by Crippen LogP contribution is 1.84. The van der Waals surface area contributed by atoms with Crippen LogP contribution in [0.25, 0.3) is 0 Å². The van der Waals surface area contributed by atoms with Crippen LogP contribution in [0.4, 0.5) is 0 Å². The fourth-order valence-electron chi connectivity index (χ4n) is 0.317. The molecular formula is C7H10O. The van der Waals surface area contributed by atoms with Gasteiger partial charge in [-0.15, -0.1) is 0 Å². The summed E-state index contributed by atoms with van der Waals surface area (Å²) in [4.78, 5) is 10.4. The third kappa shape index (κ3) is 3.34. The molecule has 0 aromatic rings. The lowest BCUT2D eigenvalue weighted by Gasteiger charge is -1.80. The molecule has 0 bridgehead atoms. The number of hydrogen-bond acceptors (Lipinski definition) is 1. The molecule has 0 N–H and O–H groups in total. The largest absolute Gasteiger partial charge is 0.295 e. The summed E-state index contributed by atoms with van der Waals surface area (Å²) in [6.45, 7) is 5.22. The van der Waals surface area contributed by atoms with Crippen LogP contribution in [0.5, 0.6) is 0 Å². The monoisotopic (exact) mass is 110 g/mol. The number of allylic oxidation sites excluding steroid dienone is 3. The van der Waals surface area contributed by atoms with Gasteiger partial charge in [0.1, 0.15) is 0 Å². The predicted molar refractivity (Wildman–Crippen MR) is 34.6 cm³/mol. The van der Waals surface area contributed by atoms with E-state index in [0.29, 0.717) is 6.42 Å². The van der Waals surface area contributed by atoms with Gasteiger partial charge in [0, 0.05) is 6.42 Å². The molecule has 44 valence electrons. The lowest BCUT2D eigenvalue weighted by molar-refractivity contribution is -0.113. The highest BCUT2D eigenvalue weighted by molar-refractivity contribution is 5.90. The first-order valence-corrected chi connectivity index (χ1v) is 2.57. The quantitative estimate of drug-likeness (QED) is 0.399. The summed E-state index contributed by atoms with van der Waals surface area (Å²) in [5.41, 5.74) is 0. The summed E-state index contributed by atoms with van der Waals surface area (Å²) < 4.78 is 0. The van der Waals surface area contributed by atoms with Crippen LogP contribution in [-0.2, 0) is 4.79 Å². The summed E-state index contributed by atoms with van der Waals surface area (Å²) >= 11 is 0. The Bertz CT molecular complexity index is 112. The van der Waals surface area contributed by atoms with Gasteiger partial charge in [-0.25, -0.2) is 0 Å². The number of carbonyl (C=O) groups excluding carboxylic acids is 1. The summed E-state index contributed by atoms with van der Waals surface area (Å²) in [5, 5.41) is 0. The van der Waals surface area contributed by atoms with Crippen LogP contribution in [0, 0.1) is 0 Å². The average molecular weight is 110 g/mol. The van der Waals surface area contributed by atoms with E-state index in [4.69, 9.17) is 0 Å². The highest BCUT2D eigenvalue weighted by atomic mass is 16.1. The van der Waals surface area contributed by atoms with Crippen molar-refractivity contribution in [3.63, 3.8) is 0 Å². The topological polar surface area (TPSA) is 17.1 Å². The SMILES string of the molecule is C=CC(=O)CC=CC. The Labute approximate surface area is 49.7 Å². The first-order valence-electron chi connectivity index (χ1n) is 2.57. The van der Waals surface area contributed by atoms with E-state index < -0.39 is 0 Å². The maximum Gasteiger partial charge on any atom is 0.158 e. The van der Waals surface area contributed by atoms with Crippen LogP contribution >= 0.6 is 0 Å². The zero-order chi connectivity index (χ0) is 6.41. The molecule has 0 aliphatic heterocycles.